The number of rotatable bonds is 16. The third-order valence-electron chi connectivity index (χ3n) is 18.0. The lowest BCUT2D eigenvalue weighted by Gasteiger charge is -2.32. The zero-order valence-corrected chi connectivity index (χ0v) is 55.8. The topological polar surface area (TPSA) is 325 Å². The third-order valence-corrected chi connectivity index (χ3v) is 18.0. The molecule has 524 valence electrons. The van der Waals surface area contributed by atoms with Crippen LogP contribution >= 0.6 is 0 Å². The van der Waals surface area contributed by atoms with Crippen LogP contribution in [0.2, 0.25) is 0 Å². The molecule has 10 amide bonds. The molecule has 0 radical (unpaired) electrons. The van der Waals surface area contributed by atoms with Gasteiger partial charge in [-0.05, 0) is 117 Å². The van der Waals surface area contributed by atoms with Crippen LogP contribution in [0.25, 0.3) is 10.8 Å². The quantitative estimate of drug-likeness (QED) is 0.0544. The molecule has 95 heavy (non-hydrogen) atoms. The SMILES string of the molecule is CC(C)C[C@H]1CC(=O)N[C@H](CCCN)C(=O)NC[C@@H](C(C)C)C(=O)N[C@H](Cc2cccc3ccccc23)C(=O)N2CCC[C@H]2C(=O)N[C@@H](CC(C)C)CC(=O)N[C@H](CCCN)C(=O)NC[C@@H](C(C)C)C(=O)N[C@H](Cc2c(F)c(F)c(F)c(F)c2F)C(=O)N2CCC[C@H]2C(=O)N1. The lowest BCUT2D eigenvalue weighted by Crippen LogP contribution is -2.57. The Labute approximate surface area is 552 Å². The van der Waals surface area contributed by atoms with Crippen LogP contribution in [0.1, 0.15) is 144 Å². The molecule has 0 aromatic heterocycles. The van der Waals surface area contributed by atoms with Gasteiger partial charge in [-0.1, -0.05) is 97.9 Å². The van der Waals surface area contributed by atoms with Crippen LogP contribution in [-0.2, 0) is 60.8 Å². The number of benzene rings is 3. The molecule has 10 atom stereocenters. The van der Waals surface area contributed by atoms with Crippen molar-refractivity contribution < 1.29 is 69.9 Å². The van der Waals surface area contributed by atoms with Gasteiger partial charge in [0, 0.05) is 69.5 Å². The van der Waals surface area contributed by atoms with Gasteiger partial charge < -0.3 is 63.8 Å². The van der Waals surface area contributed by atoms with Crippen LogP contribution in [0.4, 0.5) is 22.0 Å². The van der Waals surface area contributed by atoms with E-state index in [1.165, 1.54) is 4.90 Å². The van der Waals surface area contributed by atoms with Crippen molar-refractivity contribution >= 4 is 69.8 Å². The second-order valence-electron chi connectivity index (χ2n) is 27.0. The molecule has 3 fully saturated rings. The van der Waals surface area contributed by atoms with Crippen LogP contribution in [0.3, 0.4) is 0 Å². The van der Waals surface area contributed by atoms with Crippen molar-refractivity contribution in [3.8, 4) is 0 Å². The van der Waals surface area contributed by atoms with E-state index in [2.05, 4.69) is 42.5 Å². The number of hydrogen-bond donors (Lipinski definition) is 10. The van der Waals surface area contributed by atoms with Crippen molar-refractivity contribution in [2.45, 2.75) is 194 Å². The van der Waals surface area contributed by atoms with E-state index in [1.54, 1.807) is 27.7 Å². The number of nitrogens with two attached hydrogens (primary N) is 2. The van der Waals surface area contributed by atoms with Crippen molar-refractivity contribution in [2.75, 3.05) is 39.3 Å². The Morgan fingerprint density at radius 2 is 0.884 bits per heavy atom. The number of carbonyl (C=O) groups excluding carboxylic acids is 10. The first-order valence-electron chi connectivity index (χ1n) is 33.4. The predicted octanol–water partition coefficient (Wildman–Crippen LogP) is 4.35. The highest BCUT2D eigenvalue weighted by Gasteiger charge is 2.43. The van der Waals surface area contributed by atoms with E-state index in [4.69, 9.17) is 11.5 Å². The molecule has 3 aliphatic heterocycles. The molecule has 0 spiro atoms. The van der Waals surface area contributed by atoms with Crippen LogP contribution in [0.15, 0.2) is 42.5 Å². The van der Waals surface area contributed by atoms with Gasteiger partial charge in [0.1, 0.15) is 36.3 Å². The fourth-order valence-corrected chi connectivity index (χ4v) is 12.9. The first-order valence-corrected chi connectivity index (χ1v) is 33.4. The Hall–Kier alpha value is -7.81. The summed E-state index contributed by atoms with van der Waals surface area (Å²) >= 11 is 0. The second kappa shape index (κ2) is 35.8. The number of nitrogens with zero attached hydrogens (tertiary/aromatic N) is 2. The minimum atomic E-state index is -2.46. The van der Waals surface area contributed by atoms with Crippen molar-refractivity contribution in [2.24, 2.45) is 47.0 Å². The van der Waals surface area contributed by atoms with Crippen LogP contribution in [0, 0.1) is 64.6 Å². The van der Waals surface area contributed by atoms with Crippen molar-refractivity contribution in [3.05, 3.63) is 82.7 Å². The summed E-state index contributed by atoms with van der Waals surface area (Å²) < 4.78 is 75.1. The summed E-state index contributed by atoms with van der Waals surface area (Å²) in [6, 6.07) is 3.36. The summed E-state index contributed by atoms with van der Waals surface area (Å²) in [5, 5.41) is 24.0. The van der Waals surface area contributed by atoms with E-state index in [0.29, 0.717) is 6.42 Å². The monoisotopic (exact) mass is 1340 g/mol. The minimum Gasteiger partial charge on any atom is -0.354 e. The van der Waals surface area contributed by atoms with Gasteiger partial charge in [0.25, 0.3) is 0 Å². The molecule has 0 aliphatic carbocycles. The molecule has 3 aliphatic rings. The Balaban J connectivity index is 1.38. The number of hydrogen-bond acceptors (Lipinski definition) is 12. The van der Waals surface area contributed by atoms with Gasteiger partial charge >= 0.3 is 0 Å². The van der Waals surface area contributed by atoms with Gasteiger partial charge in [-0.2, -0.15) is 0 Å². The van der Waals surface area contributed by atoms with Gasteiger partial charge in [-0.3, -0.25) is 47.9 Å². The zero-order chi connectivity index (χ0) is 70.0. The van der Waals surface area contributed by atoms with Crippen molar-refractivity contribution in [3.63, 3.8) is 0 Å². The molecular weight excluding hydrogens is 1240 g/mol. The molecule has 12 N–H and O–H groups in total. The zero-order valence-electron chi connectivity index (χ0n) is 55.8. The lowest BCUT2D eigenvalue weighted by atomic mass is 9.93. The molecule has 6 rings (SSSR count). The number of amides is 10. The Morgan fingerprint density at radius 1 is 0.474 bits per heavy atom. The highest BCUT2D eigenvalue weighted by atomic mass is 19.2. The Morgan fingerprint density at radius 3 is 1.31 bits per heavy atom. The first kappa shape index (κ1) is 76.2. The van der Waals surface area contributed by atoms with Gasteiger partial charge in [0.05, 0.1) is 11.8 Å². The first-order chi connectivity index (χ1) is 45.0. The smallest absolute Gasteiger partial charge is 0.246 e. The fourth-order valence-electron chi connectivity index (χ4n) is 12.9. The van der Waals surface area contributed by atoms with Gasteiger partial charge in [-0.25, -0.2) is 22.0 Å². The third kappa shape index (κ3) is 20.8. The molecule has 3 aromatic rings. The highest BCUT2D eigenvalue weighted by Crippen LogP contribution is 2.29. The fraction of sp³-hybridized carbons (Fsp3) is 0.618. The van der Waals surface area contributed by atoms with Crippen molar-refractivity contribution in [1.29, 1.82) is 0 Å². The number of nitrogens with one attached hydrogen (secondary N) is 8. The van der Waals surface area contributed by atoms with E-state index in [9.17, 15) is 56.3 Å². The Kier molecular flexibility index (Phi) is 28.7. The molecule has 22 nitrogen and oxygen atoms in total. The van der Waals surface area contributed by atoms with E-state index >= 15 is 13.6 Å². The summed E-state index contributed by atoms with van der Waals surface area (Å²) in [4.78, 5) is 148. The summed E-state index contributed by atoms with van der Waals surface area (Å²) in [6.07, 6.45) is -0.0207. The largest absolute Gasteiger partial charge is 0.354 e. The minimum absolute atomic E-state index is 0.00764. The highest BCUT2D eigenvalue weighted by molar-refractivity contribution is 5.96. The average molecular weight is 1340 g/mol. The summed E-state index contributed by atoms with van der Waals surface area (Å²) in [5.74, 6) is -22.4. The summed E-state index contributed by atoms with van der Waals surface area (Å²) in [5.41, 5.74) is 11.1. The lowest BCUT2D eigenvalue weighted by molar-refractivity contribution is -0.142. The maximum Gasteiger partial charge on any atom is 0.246 e. The molecule has 0 unspecified atom stereocenters. The maximum absolute atomic E-state index is 15.5. The molecule has 0 bridgehead atoms. The Bertz CT molecular complexity index is 3190. The van der Waals surface area contributed by atoms with E-state index in [-0.39, 0.29) is 122 Å². The number of carbonyl (C=O) groups is 10. The molecule has 3 heterocycles. The predicted molar refractivity (Wildman–Crippen MR) is 346 cm³/mol. The summed E-state index contributed by atoms with van der Waals surface area (Å²) in [6.45, 7) is 13.7. The molecule has 0 saturated carbocycles. The van der Waals surface area contributed by atoms with Gasteiger partial charge in [0.2, 0.25) is 64.9 Å². The van der Waals surface area contributed by atoms with E-state index in [1.807, 2.05) is 70.2 Å². The van der Waals surface area contributed by atoms with Crippen LogP contribution in [-0.4, -0.2) is 156 Å². The molecular formula is C68H97F5N12O10. The van der Waals surface area contributed by atoms with Crippen LogP contribution < -0.4 is 54.0 Å². The van der Waals surface area contributed by atoms with Crippen molar-refractivity contribution in [1.82, 2.24) is 52.3 Å². The van der Waals surface area contributed by atoms with E-state index in [0.717, 1.165) is 21.2 Å². The molecule has 27 heteroatoms. The summed E-state index contributed by atoms with van der Waals surface area (Å²) in [7, 11) is 0. The van der Waals surface area contributed by atoms with Crippen LogP contribution in [0.5, 0.6) is 0 Å². The average Bonchev–Trinajstić information content (AvgIpc) is 1.33. The van der Waals surface area contributed by atoms with E-state index < -0.39 is 179 Å². The standard InChI is InChI=1S/C68H97F5N12O10/c1-36(2)28-42-31-54(86)81-49(21-13-25-75)64(91)77-35-47(39(7)8)62(89)83-51(33-45-56(69)58(71)60(73)59(72)57(45)70)68(95)85-27-15-23-53(85)66(93)79-43(29-37(3)4)32-55(87)80-48(20-12-24-74)63(90)76-34-46(38(5)6)61(88)82-50(67(94)84-26-14-22-52(84)65(92)78-42)30-41-18-11-17-40-16-9-10-19-44(40)41/h9-11,16-19,36-39,42-43,46-53H,12-15,20-35,74-75H2,1-8H3,(H,76,90)(H,77,91)(H,78,92)(H,79,93)(H,80,87)(H,81,86)(H,82,88)(H,83,89)/t42-,43-,46-,47-,48+,49+,50+,51+,52-,53-/m0/s1. The van der Waals surface area contributed by atoms with Gasteiger partial charge in [-0.15, -0.1) is 0 Å². The maximum atomic E-state index is 15.5. The normalized spacial score (nSPS) is 25.2. The molecule has 3 aromatic carbocycles. The second-order valence-corrected chi connectivity index (χ2v) is 27.0. The number of fused-ring (bicyclic) bond motifs is 3. The van der Waals surface area contributed by atoms with Gasteiger partial charge in [0.15, 0.2) is 23.3 Å². The number of halogens is 5. The molecule has 3 saturated heterocycles.